The first-order valence-corrected chi connectivity index (χ1v) is 5.86. The highest BCUT2D eigenvalue weighted by molar-refractivity contribution is 7.81. The monoisotopic (exact) mass is 182 g/mol. The van der Waals surface area contributed by atoms with Gasteiger partial charge in [0.1, 0.15) is 0 Å². The van der Waals surface area contributed by atoms with E-state index in [0.717, 1.165) is 28.4 Å². The molecule has 4 aliphatic carbocycles. The van der Waals surface area contributed by atoms with Gasteiger partial charge in [0.15, 0.2) is 0 Å². The van der Waals surface area contributed by atoms with E-state index in [1.807, 2.05) is 0 Å². The van der Waals surface area contributed by atoms with E-state index in [2.05, 4.69) is 6.92 Å². The number of rotatable bonds is 0. The van der Waals surface area contributed by atoms with Gasteiger partial charge in [0.2, 0.25) is 0 Å². The van der Waals surface area contributed by atoms with Crippen molar-refractivity contribution >= 4 is 12.6 Å². The Balaban J connectivity index is 1.95. The molecule has 0 aliphatic heterocycles. The van der Waals surface area contributed by atoms with Crippen molar-refractivity contribution in [3.8, 4) is 0 Å². The van der Waals surface area contributed by atoms with Gasteiger partial charge in [-0.15, -0.1) is 0 Å². The molecule has 4 fully saturated rings. The highest BCUT2D eigenvalue weighted by Gasteiger charge is 2.51. The lowest BCUT2D eigenvalue weighted by molar-refractivity contribution is -0.0349. The van der Waals surface area contributed by atoms with E-state index in [0.29, 0.717) is 0 Å². The van der Waals surface area contributed by atoms with E-state index in [1.54, 1.807) is 0 Å². The first-order valence-electron chi connectivity index (χ1n) is 5.34. The molecule has 2 unspecified atom stereocenters. The van der Waals surface area contributed by atoms with Gasteiger partial charge in [-0.2, -0.15) is 12.6 Å². The van der Waals surface area contributed by atoms with Crippen LogP contribution in [0.2, 0.25) is 0 Å². The third-order valence-corrected chi connectivity index (χ3v) is 5.37. The summed E-state index contributed by atoms with van der Waals surface area (Å²) in [5.74, 6) is 3.03. The maximum Gasteiger partial charge on any atom is 0.00739 e. The molecular formula is C11H18S. The maximum absolute atomic E-state index is 4.78. The summed E-state index contributed by atoms with van der Waals surface area (Å²) in [4.78, 5) is 0. The molecule has 4 bridgehead atoms. The van der Waals surface area contributed by atoms with Crippen LogP contribution in [-0.2, 0) is 0 Å². The van der Waals surface area contributed by atoms with Crippen molar-refractivity contribution in [1.29, 1.82) is 0 Å². The van der Waals surface area contributed by atoms with Crippen LogP contribution in [-0.4, -0.2) is 5.25 Å². The highest BCUT2D eigenvalue weighted by Crippen LogP contribution is 2.60. The van der Waals surface area contributed by atoms with Gasteiger partial charge in [-0.05, 0) is 55.3 Å². The molecule has 0 aromatic rings. The van der Waals surface area contributed by atoms with Crippen LogP contribution in [0.25, 0.3) is 0 Å². The minimum absolute atomic E-state index is 0.732. The third kappa shape index (κ3) is 0.921. The molecule has 1 heteroatoms. The van der Waals surface area contributed by atoms with E-state index in [-0.39, 0.29) is 0 Å². The summed E-state index contributed by atoms with van der Waals surface area (Å²) in [6.07, 6.45) is 7.49. The van der Waals surface area contributed by atoms with Crippen LogP contribution in [0.15, 0.2) is 0 Å². The fourth-order valence-corrected chi connectivity index (χ4v) is 4.86. The summed E-state index contributed by atoms with van der Waals surface area (Å²) in [6, 6.07) is 0. The van der Waals surface area contributed by atoms with Crippen molar-refractivity contribution in [2.45, 2.75) is 44.3 Å². The zero-order chi connectivity index (χ0) is 8.34. The molecule has 4 saturated carbocycles. The van der Waals surface area contributed by atoms with Crippen molar-refractivity contribution < 1.29 is 0 Å². The first-order chi connectivity index (χ1) is 5.66. The van der Waals surface area contributed by atoms with Gasteiger partial charge >= 0.3 is 0 Å². The van der Waals surface area contributed by atoms with Crippen molar-refractivity contribution in [2.75, 3.05) is 0 Å². The van der Waals surface area contributed by atoms with Gasteiger partial charge in [0.25, 0.3) is 0 Å². The molecule has 2 atom stereocenters. The molecule has 0 saturated heterocycles. The smallest absolute Gasteiger partial charge is 0.00739 e. The molecule has 0 amide bonds. The lowest BCUT2D eigenvalue weighted by Crippen LogP contribution is -2.50. The summed E-state index contributed by atoms with van der Waals surface area (Å²) < 4.78 is 0. The Morgan fingerprint density at radius 3 is 2.17 bits per heavy atom. The largest absolute Gasteiger partial charge is 0.175 e. The summed E-state index contributed by atoms with van der Waals surface area (Å²) in [7, 11) is 0. The Hall–Kier alpha value is 0.350. The van der Waals surface area contributed by atoms with E-state index in [9.17, 15) is 0 Å². The van der Waals surface area contributed by atoms with E-state index in [1.165, 1.54) is 32.1 Å². The molecule has 0 spiro atoms. The van der Waals surface area contributed by atoms with Crippen LogP contribution < -0.4 is 0 Å². The minimum Gasteiger partial charge on any atom is -0.175 e. The fraction of sp³-hybridized carbons (Fsp3) is 1.00. The number of thiol groups is 1. The van der Waals surface area contributed by atoms with E-state index >= 15 is 0 Å². The average Bonchev–Trinajstić information content (AvgIpc) is 1.96. The van der Waals surface area contributed by atoms with E-state index < -0.39 is 0 Å². The lowest BCUT2D eigenvalue weighted by Gasteiger charge is -2.58. The fourth-order valence-electron chi connectivity index (χ4n) is 4.40. The Bertz CT molecular complexity index is 195. The van der Waals surface area contributed by atoms with Gasteiger partial charge < -0.3 is 0 Å². The first kappa shape index (κ1) is 7.73. The Morgan fingerprint density at radius 1 is 1.08 bits per heavy atom. The summed E-state index contributed by atoms with van der Waals surface area (Å²) in [6.45, 7) is 2.51. The predicted octanol–water partition coefficient (Wildman–Crippen LogP) is 3.13. The average molecular weight is 182 g/mol. The molecule has 0 aromatic heterocycles. The molecule has 12 heavy (non-hydrogen) atoms. The highest BCUT2D eigenvalue weighted by atomic mass is 32.1. The second-order valence-corrected chi connectivity index (χ2v) is 6.37. The van der Waals surface area contributed by atoms with Crippen LogP contribution in [0.4, 0.5) is 0 Å². The number of hydrogen-bond donors (Lipinski definition) is 1. The second kappa shape index (κ2) is 2.23. The molecule has 0 radical (unpaired) electrons. The Labute approximate surface area is 80.5 Å². The second-order valence-electron chi connectivity index (χ2n) is 5.77. The zero-order valence-corrected chi connectivity index (χ0v) is 8.69. The van der Waals surface area contributed by atoms with Gasteiger partial charge in [0, 0.05) is 5.25 Å². The molecule has 4 rings (SSSR count). The summed E-state index contributed by atoms with van der Waals surface area (Å²) >= 11 is 4.78. The normalized spacial score (nSPS) is 62.5. The van der Waals surface area contributed by atoms with Crippen molar-refractivity contribution in [1.82, 2.24) is 0 Å². The summed E-state index contributed by atoms with van der Waals surface area (Å²) in [5, 5.41) is 0.759. The third-order valence-electron chi connectivity index (χ3n) is 4.53. The molecule has 68 valence electrons. The van der Waals surface area contributed by atoms with Crippen LogP contribution in [0.3, 0.4) is 0 Å². The van der Waals surface area contributed by atoms with Crippen LogP contribution in [0.5, 0.6) is 0 Å². The van der Waals surface area contributed by atoms with Crippen LogP contribution in [0, 0.1) is 23.2 Å². The standard InChI is InChI=1S/C11H18S/c1-11-4-7-2-8(5-11)10(12)9(3-7)6-11/h7-10,12H,2-6H2,1H3. The quantitative estimate of drug-likeness (QED) is 0.547. The molecule has 0 N–H and O–H groups in total. The Morgan fingerprint density at radius 2 is 1.67 bits per heavy atom. The molecule has 0 aromatic carbocycles. The Kier molecular flexibility index (Phi) is 1.44. The SMILES string of the molecule is CC12CC3CC(C1)C(S)C(C3)C2. The van der Waals surface area contributed by atoms with E-state index in [4.69, 9.17) is 12.6 Å². The van der Waals surface area contributed by atoms with Crippen LogP contribution >= 0.6 is 12.6 Å². The summed E-state index contributed by atoms with van der Waals surface area (Å²) in [5.41, 5.74) is 0.732. The maximum atomic E-state index is 4.78. The van der Waals surface area contributed by atoms with Crippen molar-refractivity contribution in [3.63, 3.8) is 0 Å². The van der Waals surface area contributed by atoms with Gasteiger partial charge in [0.05, 0.1) is 0 Å². The van der Waals surface area contributed by atoms with Gasteiger partial charge in [-0.25, -0.2) is 0 Å². The molecular weight excluding hydrogens is 164 g/mol. The molecule has 0 heterocycles. The van der Waals surface area contributed by atoms with Gasteiger partial charge in [-0.3, -0.25) is 0 Å². The molecule has 4 aliphatic rings. The lowest BCUT2D eigenvalue weighted by atomic mass is 9.50. The molecule has 0 nitrogen and oxygen atoms in total. The van der Waals surface area contributed by atoms with Crippen molar-refractivity contribution in [3.05, 3.63) is 0 Å². The van der Waals surface area contributed by atoms with Gasteiger partial charge in [-0.1, -0.05) is 6.92 Å². The topological polar surface area (TPSA) is 0 Å². The minimum atomic E-state index is 0.732. The number of hydrogen-bond acceptors (Lipinski definition) is 1. The van der Waals surface area contributed by atoms with Crippen molar-refractivity contribution in [2.24, 2.45) is 23.2 Å². The predicted molar refractivity (Wildman–Crippen MR) is 54.4 cm³/mol. The zero-order valence-electron chi connectivity index (χ0n) is 7.79. The van der Waals surface area contributed by atoms with Crippen LogP contribution in [0.1, 0.15) is 39.0 Å².